The predicted octanol–water partition coefficient (Wildman–Crippen LogP) is 2.73. The van der Waals surface area contributed by atoms with Gasteiger partial charge in [0.25, 0.3) is 0 Å². The van der Waals surface area contributed by atoms with Crippen LogP contribution in [-0.2, 0) is 6.54 Å². The molecule has 1 aromatic carbocycles. The van der Waals surface area contributed by atoms with E-state index in [0.29, 0.717) is 22.8 Å². The second kappa shape index (κ2) is 4.37. The number of rotatable bonds is 3. The molecule has 0 aliphatic carbocycles. The molecular weight excluding hydrogens is 215 g/mol. The largest absolute Gasteiger partial charge is 0.387 e. The summed E-state index contributed by atoms with van der Waals surface area (Å²) >= 11 is 6.00. The first-order chi connectivity index (χ1) is 7.22. The molecule has 2 nitrogen and oxygen atoms in total. The second-order valence-electron chi connectivity index (χ2n) is 3.76. The Morgan fingerprint density at radius 3 is 2.73 bits per heavy atom. The van der Waals surface area contributed by atoms with E-state index in [1.807, 2.05) is 0 Å². The summed E-state index contributed by atoms with van der Waals surface area (Å²) in [5, 5.41) is 3.54. The molecule has 0 radical (unpaired) electrons. The molecule has 0 aromatic heterocycles. The summed E-state index contributed by atoms with van der Waals surface area (Å²) < 4.78 is 13.6. The topological polar surface area (TPSA) is 15.3 Å². The lowest BCUT2D eigenvalue weighted by Crippen LogP contribution is -2.36. The molecule has 1 N–H and O–H groups in total. The number of nitrogens with zero attached hydrogens (tertiary/aromatic N) is 1. The quantitative estimate of drug-likeness (QED) is 0.856. The van der Waals surface area contributed by atoms with E-state index in [1.54, 1.807) is 13.1 Å². The van der Waals surface area contributed by atoms with Crippen molar-refractivity contribution in [3.8, 4) is 0 Å². The summed E-state index contributed by atoms with van der Waals surface area (Å²) in [6.45, 7) is 2.74. The van der Waals surface area contributed by atoms with Crippen LogP contribution in [0.5, 0.6) is 0 Å². The van der Waals surface area contributed by atoms with Crippen molar-refractivity contribution in [2.24, 2.45) is 0 Å². The Morgan fingerprint density at radius 2 is 2.20 bits per heavy atom. The minimum atomic E-state index is -0.185. The minimum absolute atomic E-state index is 0.185. The fourth-order valence-corrected chi connectivity index (χ4v) is 2.05. The Hall–Kier alpha value is -0.800. The van der Waals surface area contributed by atoms with E-state index in [-0.39, 0.29) is 5.82 Å². The van der Waals surface area contributed by atoms with Crippen molar-refractivity contribution >= 4 is 17.3 Å². The maximum Gasteiger partial charge on any atom is 0.129 e. The van der Waals surface area contributed by atoms with Crippen LogP contribution in [0.15, 0.2) is 12.1 Å². The molecule has 0 amide bonds. The third-order valence-electron chi connectivity index (χ3n) is 2.79. The highest BCUT2D eigenvalue weighted by Gasteiger charge is 2.19. The normalized spacial score (nSPS) is 16.2. The lowest BCUT2D eigenvalue weighted by atomic mass is 10.1. The summed E-state index contributed by atoms with van der Waals surface area (Å²) in [6.07, 6.45) is 1.21. The molecule has 2 rings (SSSR count). The Labute approximate surface area is 94.0 Å². The van der Waals surface area contributed by atoms with E-state index >= 15 is 0 Å². The van der Waals surface area contributed by atoms with Gasteiger partial charge < -0.3 is 5.32 Å². The first-order valence-corrected chi connectivity index (χ1v) is 5.47. The Balaban J connectivity index is 2.29. The molecule has 0 atom stereocenters. The minimum Gasteiger partial charge on any atom is -0.387 e. The Morgan fingerprint density at radius 1 is 1.47 bits per heavy atom. The van der Waals surface area contributed by atoms with Crippen LogP contribution < -0.4 is 5.32 Å². The molecular formula is C11H14ClFN2. The highest BCUT2D eigenvalue weighted by atomic mass is 35.5. The summed E-state index contributed by atoms with van der Waals surface area (Å²) in [6, 6.07) is 3.01. The molecule has 4 heteroatoms. The lowest BCUT2D eigenvalue weighted by Gasteiger charge is -2.31. The molecule has 1 heterocycles. The van der Waals surface area contributed by atoms with Crippen molar-refractivity contribution in [2.45, 2.75) is 13.0 Å². The molecule has 1 fully saturated rings. The molecule has 1 aliphatic heterocycles. The zero-order valence-electron chi connectivity index (χ0n) is 8.69. The predicted molar refractivity (Wildman–Crippen MR) is 60.9 cm³/mol. The van der Waals surface area contributed by atoms with E-state index in [4.69, 9.17) is 11.6 Å². The van der Waals surface area contributed by atoms with Gasteiger partial charge >= 0.3 is 0 Å². The smallest absolute Gasteiger partial charge is 0.129 e. The fourth-order valence-electron chi connectivity index (χ4n) is 1.78. The van der Waals surface area contributed by atoms with Crippen molar-refractivity contribution in [1.82, 2.24) is 4.90 Å². The van der Waals surface area contributed by atoms with Crippen molar-refractivity contribution in [1.29, 1.82) is 0 Å². The molecule has 15 heavy (non-hydrogen) atoms. The van der Waals surface area contributed by atoms with Crippen LogP contribution in [-0.4, -0.2) is 25.0 Å². The van der Waals surface area contributed by atoms with Gasteiger partial charge in [0.1, 0.15) is 5.82 Å². The SMILES string of the molecule is CNc1c(Cl)ccc(F)c1CN1CCC1. The highest BCUT2D eigenvalue weighted by Crippen LogP contribution is 2.29. The average Bonchev–Trinajstić information content (AvgIpc) is 2.16. The van der Waals surface area contributed by atoms with Crippen molar-refractivity contribution in [3.63, 3.8) is 0 Å². The number of anilines is 1. The second-order valence-corrected chi connectivity index (χ2v) is 4.17. The first kappa shape index (κ1) is 10.7. The van der Waals surface area contributed by atoms with Gasteiger partial charge in [0.2, 0.25) is 0 Å². The molecule has 0 saturated carbocycles. The molecule has 1 saturated heterocycles. The van der Waals surface area contributed by atoms with Crippen LogP contribution in [0.2, 0.25) is 5.02 Å². The zero-order chi connectivity index (χ0) is 10.8. The molecule has 1 aliphatic rings. The number of nitrogens with one attached hydrogen (secondary N) is 1. The highest BCUT2D eigenvalue weighted by molar-refractivity contribution is 6.33. The average molecular weight is 229 g/mol. The third kappa shape index (κ3) is 2.08. The van der Waals surface area contributed by atoms with E-state index < -0.39 is 0 Å². The van der Waals surface area contributed by atoms with Crippen LogP contribution >= 0.6 is 11.6 Å². The molecule has 0 unspecified atom stereocenters. The van der Waals surface area contributed by atoms with Gasteiger partial charge in [0.05, 0.1) is 10.7 Å². The van der Waals surface area contributed by atoms with Crippen LogP contribution in [0, 0.1) is 5.82 Å². The van der Waals surface area contributed by atoms with E-state index in [9.17, 15) is 4.39 Å². The monoisotopic (exact) mass is 228 g/mol. The number of likely N-dealkylation sites (tertiary alicyclic amines) is 1. The Kier molecular flexibility index (Phi) is 3.12. The van der Waals surface area contributed by atoms with E-state index in [1.165, 1.54) is 12.5 Å². The van der Waals surface area contributed by atoms with Crippen molar-refractivity contribution in [3.05, 3.63) is 28.5 Å². The van der Waals surface area contributed by atoms with Gasteiger partial charge in [-0.3, -0.25) is 4.90 Å². The number of hydrogen-bond donors (Lipinski definition) is 1. The van der Waals surface area contributed by atoms with E-state index in [0.717, 1.165) is 13.1 Å². The van der Waals surface area contributed by atoms with Gasteiger partial charge in [-0.1, -0.05) is 11.6 Å². The van der Waals surface area contributed by atoms with Gasteiger partial charge in [-0.2, -0.15) is 0 Å². The van der Waals surface area contributed by atoms with Crippen LogP contribution in [0.1, 0.15) is 12.0 Å². The number of halogens is 2. The van der Waals surface area contributed by atoms with Gasteiger partial charge in [-0.05, 0) is 31.6 Å². The first-order valence-electron chi connectivity index (χ1n) is 5.09. The summed E-state index contributed by atoms with van der Waals surface area (Å²) in [7, 11) is 1.76. The zero-order valence-corrected chi connectivity index (χ0v) is 9.44. The maximum absolute atomic E-state index is 13.6. The third-order valence-corrected chi connectivity index (χ3v) is 3.10. The molecule has 0 bridgehead atoms. The summed E-state index contributed by atoms with van der Waals surface area (Å²) in [4.78, 5) is 2.20. The number of hydrogen-bond acceptors (Lipinski definition) is 2. The fraction of sp³-hybridized carbons (Fsp3) is 0.455. The summed E-state index contributed by atoms with van der Waals surface area (Å²) in [5.41, 5.74) is 1.38. The van der Waals surface area contributed by atoms with Gasteiger partial charge in [-0.15, -0.1) is 0 Å². The number of benzene rings is 1. The van der Waals surface area contributed by atoms with Gasteiger partial charge in [-0.25, -0.2) is 4.39 Å². The van der Waals surface area contributed by atoms with E-state index in [2.05, 4.69) is 10.2 Å². The van der Waals surface area contributed by atoms with Crippen LogP contribution in [0.25, 0.3) is 0 Å². The maximum atomic E-state index is 13.6. The van der Waals surface area contributed by atoms with Gasteiger partial charge in [0.15, 0.2) is 0 Å². The van der Waals surface area contributed by atoms with Crippen LogP contribution in [0.3, 0.4) is 0 Å². The standard InChI is InChI=1S/C11H14ClFN2/c1-14-11-8(7-15-5-2-6-15)10(13)4-3-9(11)12/h3-4,14H,2,5-7H2,1H3. The Bertz CT molecular complexity index is 364. The molecule has 82 valence electrons. The summed E-state index contributed by atoms with van der Waals surface area (Å²) in [5.74, 6) is -0.185. The van der Waals surface area contributed by atoms with Crippen molar-refractivity contribution in [2.75, 3.05) is 25.5 Å². The lowest BCUT2D eigenvalue weighted by molar-refractivity contribution is 0.171. The van der Waals surface area contributed by atoms with Gasteiger partial charge in [0, 0.05) is 19.2 Å². The molecule has 0 spiro atoms. The molecule has 1 aromatic rings. The van der Waals surface area contributed by atoms with Crippen LogP contribution in [0.4, 0.5) is 10.1 Å². The van der Waals surface area contributed by atoms with Crippen molar-refractivity contribution < 1.29 is 4.39 Å².